The van der Waals surface area contributed by atoms with Crippen LogP contribution in [-0.2, 0) is 14.3 Å². The first-order valence-electron chi connectivity index (χ1n) is 10.6. The Bertz CT molecular complexity index is 1170. The van der Waals surface area contributed by atoms with Crippen LogP contribution in [0.4, 0.5) is 5.69 Å². The molecule has 0 aromatic heterocycles. The molecule has 0 bridgehead atoms. The van der Waals surface area contributed by atoms with Crippen LogP contribution in [0.3, 0.4) is 0 Å². The van der Waals surface area contributed by atoms with E-state index in [1.165, 1.54) is 16.8 Å². The van der Waals surface area contributed by atoms with Gasteiger partial charge in [0.15, 0.2) is 5.25 Å². The number of hydrogen-bond acceptors (Lipinski definition) is 5. The fraction of sp³-hybridized carbons (Fsp3) is 0.200. The first-order chi connectivity index (χ1) is 16.1. The normalized spacial score (nSPS) is 19.2. The molecule has 2 aliphatic heterocycles. The Morgan fingerprint density at radius 2 is 1.70 bits per heavy atom. The van der Waals surface area contributed by atoms with Crippen molar-refractivity contribution in [1.29, 1.82) is 0 Å². The molecule has 0 spiro atoms. The lowest BCUT2D eigenvalue weighted by atomic mass is 9.97. The van der Waals surface area contributed by atoms with E-state index < -0.39 is 11.3 Å². The van der Waals surface area contributed by atoms with Crippen LogP contribution in [-0.4, -0.2) is 41.3 Å². The van der Waals surface area contributed by atoms with Crippen molar-refractivity contribution >= 4 is 40.9 Å². The van der Waals surface area contributed by atoms with Crippen LogP contribution >= 0.6 is 23.4 Å². The van der Waals surface area contributed by atoms with E-state index in [0.717, 1.165) is 16.8 Å². The van der Waals surface area contributed by atoms with Crippen molar-refractivity contribution in [2.45, 2.75) is 22.2 Å². The van der Waals surface area contributed by atoms with Gasteiger partial charge in [0.05, 0.1) is 24.3 Å². The third-order valence-electron chi connectivity index (χ3n) is 5.60. The maximum atomic E-state index is 13.5. The summed E-state index contributed by atoms with van der Waals surface area (Å²) in [7, 11) is 0. The second-order valence-corrected chi connectivity index (χ2v) is 9.48. The quantitative estimate of drug-likeness (QED) is 0.495. The molecule has 3 aromatic rings. The molecule has 33 heavy (non-hydrogen) atoms. The topological polar surface area (TPSA) is 70.7 Å². The molecular formula is C25H22ClN3O3S. The van der Waals surface area contributed by atoms with Crippen molar-refractivity contribution in [3.63, 3.8) is 0 Å². The predicted molar refractivity (Wildman–Crippen MR) is 129 cm³/mol. The SMILES string of the molecule is O=C1NN(C(c2ccccc2)c2cccc(NC3COC3)c2)C(=O)C1Sc1ccccc1Cl. The van der Waals surface area contributed by atoms with E-state index in [2.05, 4.69) is 10.7 Å². The Balaban J connectivity index is 1.46. The molecule has 5 rings (SSSR count). The molecule has 2 atom stereocenters. The fourth-order valence-electron chi connectivity index (χ4n) is 3.91. The molecule has 0 aliphatic carbocycles. The van der Waals surface area contributed by atoms with Gasteiger partial charge in [0.2, 0.25) is 0 Å². The third kappa shape index (κ3) is 4.57. The zero-order chi connectivity index (χ0) is 22.8. The second-order valence-electron chi connectivity index (χ2n) is 7.93. The van der Waals surface area contributed by atoms with Crippen LogP contribution in [0.1, 0.15) is 17.2 Å². The van der Waals surface area contributed by atoms with E-state index in [0.29, 0.717) is 23.1 Å². The van der Waals surface area contributed by atoms with Crippen LogP contribution in [0, 0.1) is 0 Å². The number of anilines is 1. The molecule has 168 valence electrons. The van der Waals surface area contributed by atoms with Gasteiger partial charge >= 0.3 is 0 Å². The van der Waals surface area contributed by atoms with Crippen LogP contribution in [0.5, 0.6) is 0 Å². The van der Waals surface area contributed by atoms with E-state index in [1.54, 1.807) is 6.07 Å². The summed E-state index contributed by atoms with van der Waals surface area (Å²) in [5.74, 6) is -0.656. The number of halogens is 1. The van der Waals surface area contributed by atoms with Gasteiger partial charge in [-0.3, -0.25) is 15.0 Å². The van der Waals surface area contributed by atoms with Crippen molar-refractivity contribution < 1.29 is 14.3 Å². The zero-order valence-electron chi connectivity index (χ0n) is 17.6. The van der Waals surface area contributed by atoms with E-state index in [9.17, 15) is 9.59 Å². The number of carbonyl (C=O) groups excluding carboxylic acids is 2. The summed E-state index contributed by atoms with van der Waals surface area (Å²) >= 11 is 7.44. The van der Waals surface area contributed by atoms with Gasteiger partial charge in [-0.05, 0) is 35.4 Å². The highest BCUT2D eigenvalue weighted by Crippen LogP contribution is 2.37. The van der Waals surface area contributed by atoms with Gasteiger partial charge in [-0.1, -0.05) is 66.2 Å². The predicted octanol–water partition coefficient (Wildman–Crippen LogP) is 4.27. The van der Waals surface area contributed by atoms with Crippen molar-refractivity contribution in [1.82, 2.24) is 10.4 Å². The molecule has 2 saturated heterocycles. The first-order valence-corrected chi connectivity index (χ1v) is 11.9. The Morgan fingerprint density at radius 3 is 2.42 bits per heavy atom. The van der Waals surface area contributed by atoms with Crippen LogP contribution in [0.2, 0.25) is 5.02 Å². The Labute approximate surface area is 201 Å². The number of rotatable bonds is 7. The Morgan fingerprint density at radius 1 is 0.970 bits per heavy atom. The minimum Gasteiger partial charge on any atom is -0.378 e. The van der Waals surface area contributed by atoms with Gasteiger partial charge < -0.3 is 10.1 Å². The van der Waals surface area contributed by atoms with Gasteiger partial charge in [-0.25, -0.2) is 5.01 Å². The van der Waals surface area contributed by atoms with Gasteiger partial charge in [-0.2, -0.15) is 0 Å². The maximum Gasteiger partial charge on any atom is 0.265 e. The Hall–Kier alpha value is -3.00. The minimum atomic E-state index is -0.912. The number of carbonyl (C=O) groups is 2. The van der Waals surface area contributed by atoms with E-state index in [4.69, 9.17) is 16.3 Å². The molecule has 2 N–H and O–H groups in total. The standard InChI is InChI=1S/C25H22ClN3O3S/c26-20-11-4-5-12-21(20)33-23-24(30)28-29(25(23)31)22(16-7-2-1-3-8-16)17-9-6-10-18(13-17)27-19-14-32-15-19/h1-13,19,22-23,27H,14-15H2,(H,28,30). The first kappa shape index (κ1) is 21.8. The highest BCUT2D eigenvalue weighted by atomic mass is 35.5. The summed E-state index contributed by atoms with van der Waals surface area (Å²) in [5, 5.41) is 4.49. The summed E-state index contributed by atoms with van der Waals surface area (Å²) in [6.45, 7) is 1.35. The number of benzene rings is 3. The van der Waals surface area contributed by atoms with E-state index in [-0.39, 0.29) is 17.9 Å². The summed E-state index contributed by atoms with van der Waals surface area (Å²) in [6, 6.07) is 24.6. The van der Waals surface area contributed by atoms with E-state index >= 15 is 0 Å². The summed E-state index contributed by atoms with van der Waals surface area (Å²) in [5.41, 5.74) is 5.55. The average molecular weight is 480 g/mol. The molecule has 6 nitrogen and oxygen atoms in total. The van der Waals surface area contributed by atoms with Crippen LogP contribution in [0.15, 0.2) is 83.8 Å². The molecule has 3 aromatic carbocycles. The molecule has 2 aliphatic rings. The third-order valence-corrected chi connectivity index (χ3v) is 7.30. The number of amides is 2. The smallest absolute Gasteiger partial charge is 0.265 e. The largest absolute Gasteiger partial charge is 0.378 e. The monoisotopic (exact) mass is 479 g/mol. The lowest BCUT2D eigenvalue weighted by Crippen LogP contribution is -2.41. The number of nitrogens with zero attached hydrogens (tertiary/aromatic N) is 1. The van der Waals surface area contributed by atoms with Crippen molar-refractivity contribution in [3.05, 3.63) is 95.0 Å². The van der Waals surface area contributed by atoms with Gasteiger partial charge in [0.25, 0.3) is 11.8 Å². The van der Waals surface area contributed by atoms with Crippen molar-refractivity contribution in [2.75, 3.05) is 18.5 Å². The van der Waals surface area contributed by atoms with Crippen molar-refractivity contribution in [2.24, 2.45) is 0 Å². The highest BCUT2D eigenvalue weighted by molar-refractivity contribution is 8.01. The highest BCUT2D eigenvalue weighted by Gasteiger charge is 2.44. The van der Waals surface area contributed by atoms with Crippen LogP contribution in [0.25, 0.3) is 0 Å². The molecule has 2 amide bonds. The number of hydrazine groups is 1. The molecule has 2 unspecified atom stereocenters. The van der Waals surface area contributed by atoms with Crippen LogP contribution < -0.4 is 10.7 Å². The summed E-state index contributed by atoms with van der Waals surface area (Å²) < 4.78 is 5.26. The molecule has 2 fully saturated rings. The molecule has 2 heterocycles. The van der Waals surface area contributed by atoms with E-state index in [1.807, 2.05) is 72.8 Å². The molecule has 0 radical (unpaired) electrons. The summed E-state index contributed by atoms with van der Waals surface area (Å²) in [6.07, 6.45) is 0. The molecular weight excluding hydrogens is 458 g/mol. The second kappa shape index (κ2) is 9.47. The number of hydrogen-bond donors (Lipinski definition) is 2. The molecule has 0 saturated carbocycles. The minimum absolute atomic E-state index is 0.278. The fourth-order valence-corrected chi connectivity index (χ4v) is 5.15. The Kier molecular flexibility index (Phi) is 6.26. The van der Waals surface area contributed by atoms with Gasteiger partial charge in [0, 0.05) is 10.6 Å². The van der Waals surface area contributed by atoms with Gasteiger partial charge in [0.1, 0.15) is 6.04 Å². The zero-order valence-corrected chi connectivity index (χ0v) is 19.2. The van der Waals surface area contributed by atoms with Gasteiger partial charge in [-0.15, -0.1) is 11.8 Å². The lowest BCUT2D eigenvalue weighted by Gasteiger charge is -2.30. The summed E-state index contributed by atoms with van der Waals surface area (Å²) in [4.78, 5) is 27.1. The number of ether oxygens (including phenoxy) is 1. The number of thioether (sulfide) groups is 1. The van der Waals surface area contributed by atoms with Crippen molar-refractivity contribution in [3.8, 4) is 0 Å². The maximum absolute atomic E-state index is 13.5. The molecule has 8 heteroatoms. The number of nitrogens with one attached hydrogen (secondary N) is 2. The average Bonchev–Trinajstić information content (AvgIpc) is 3.07. The lowest BCUT2D eigenvalue weighted by molar-refractivity contribution is -0.131.